The number of alkyl halides is 4. The molecule has 0 amide bonds. The molecule has 7 nitrogen and oxygen atoms in total. The lowest BCUT2D eigenvalue weighted by Gasteiger charge is -2.18. The molecule has 0 aliphatic rings. The zero-order valence-corrected chi connectivity index (χ0v) is 37.5. The van der Waals surface area contributed by atoms with E-state index in [1.54, 1.807) is 13.8 Å². The molecule has 340 valence electrons. The average molecular weight is 834 g/mol. The zero-order chi connectivity index (χ0) is 43.5. The highest BCUT2D eigenvalue weighted by molar-refractivity contribution is 5.70. The predicted molar refractivity (Wildman–Crippen MR) is 228 cm³/mol. The van der Waals surface area contributed by atoms with E-state index in [4.69, 9.17) is 14.2 Å². The van der Waals surface area contributed by atoms with Crippen molar-refractivity contribution in [1.29, 1.82) is 0 Å². The largest absolute Gasteiger partial charge is 0.462 e. The van der Waals surface area contributed by atoms with Gasteiger partial charge in [-0.25, -0.2) is 17.6 Å². The Hall–Kier alpha value is -2.43. The quantitative estimate of drug-likeness (QED) is 0.0201. The zero-order valence-electron chi connectivity index (χ0n) is 37.5. The lowest BCUT2D eigenvalue weighted by molar-refractivity contribution is -0.150. The maximum atomic E-state index is 14.1. The second-order valence-corrected chi connectivity index (χ2v) is 16.6. The Morgan fingerprint density at radius 2 is 0.845 bits per heavy atom. The third-order valence-electron chi connectivity index (χ3n) is 10.2. The number of unbranched alkanes of at least 4 members (excludes halogenated alkanes) is 16. The molecule has 2 unspecified atom stereocenters. The van der Waals surface area contributed by atoms with E-state index < -0.39 is 24.1 Å². The van der Waals surface area contributed by atoms with Gasteiger partial charge in [0.25, 0.3) is 11.8 Å². The molecule has 0 radical (unpaired) electrons. The molecule has 0 aromatic heterocycles. The summed E-state index contributed by atoms with van der Waals surface area (Å²) in [7, 11) is 3.95. The topological polar surface area (TPSA) is 82.1 Å². The highest BCUT2D eigenvalue weighted by Crippen LogP contribution is 2.26. The normalized spacial score (nSPS) is 14.0. The summed E-state index contributed by atoms with van der Waals surface area (Å²) >= 11 is 0. The Balaban J connectivity index is 4.43. The summed E-state index contributed by atoms with van der Waals surface area (Å²) in [5.41, 5.74) is 0. The molecule has 0 saturated carbocycles. The Morgan fingerprint density at radius 1 is 0.500 bits per heavy atom. The highest BCUT2D eigenvalue weighted by Gasteiger charge is 2.25. The maximum absolute atomic E-state index is 14.1. The number of nitrogens with zero attached hydrogens (tertiary/aromatic N) is 1. The van der Waals surface area contributed by atoms with Crippen LogP contribution >= 0.6 is 0 Å². The van der Waals surface area contributed by atoms with Gasteiger partial charge < -0.3 is 19.1 Å². The molecular formula is C47H83F4NO6. The molecule has 0 aromatic rings. The number of hydrogen-bond acceptors (Lipinski definition) is 7. The molecule has 0 heterocycles. The fraction of sp³-hybridized carbons (Fsp3) is 0.851. The molecule has 0 bridgehead atoms. The Bertz CT molecular complexity index is 1030. The molecule has 0 aromatic carbocycles. The summed E-state index contributed by atoms with van der Waals surface area (Å²) < 4.78 is 73.0. The van der Waals surface area contributed by atoms with Crippen LogP contribution < -0.4 is 0 Å². The van der Waals surface area contributed by atoms with Crippen LogP contribution in [0.5, 0.6) is 0 Å². The molecule has 0 saturated heterocycles. The van der Waals surface area contributed by atoms with Crippen LogP contribution in [-0.2, 0) is 28.6 Å². The number of allylic oxidation sites excluding steroid dienone is 2. The van der Waals surface area contributed by atoms with Gasteiger partial charge in [0.05, 0.1) is 0 Å². The number of carbonyl (C=O) groups excluding carboxylic acids is 3. The van der Waals surface area contributed by atoms with E-state index >= 15 is 0 Å². The van der Waals surface area contributed by atoms with E-state index in [0.717, 1.165) is 141 Å². The Morgan fingerprint density at radius 3 is 1.26 bits per heavy atom. The average Bonchev–Trinajstić information content (AvgIpc) is 3.15. The third kappa shape index (κ3) is 36.6. The minimum Gasteiger partial charge on any atom is -0.462 e. The summed E-state index contributed by atoms with van der Waals surface area (Å²) in [4.78, 5) is 39.1. The molecule has 11 heteroatoms. The first-order valence-corrected chi connectivity index (χ1v) is 23.0. The Labute approximate surface area is 350 Å². The fourth-order valence-corrected chi connectivity index (χ4v) is 6.65. The van der Waals surface area contributed by atoms with Crippen LogP contribution in [0.4, 0.5) is 17.6 Å². The number of carbonyl (C=O) groups is 3. The van der Waals surface area contributed by atoms with E-state index in [1.165, 1.54) is 12.2 Å². The second-order valence-electron chi connectivity index (χ2n) is 16.6. The molecule has 0 spiro atoms. The van der Waals surface area contributed by atoms with E-state index in [9.17, 15) is 31.9 Å². The minimum atomic E-state index is -2.89. The van der Waals surface area contributed by atoms with Crippen LogP contribution in [0.1, 0.15) is 207 Å². The van der Waals surface area contributed by atoms with Crippen LogP contribution in [-0.4, -0.2) is 73.6 Å². The molecule has 0 aliphatic heterocycles. The Kier molecular flexibility index (Phi) is 33.9. The number of halogens is 4. The van der Waals surface area contributed by atoms with Crippen molar-refractivity contribution in [3.8, 4) is 0 Å². The lowest BCUT2D eigenvalue weighted by Crippen LogP contribution is -2.20. The molecule has 0 aliphatic carbocycles. The fourth-order valence-electron chi connectivity index (χ4n) is 6.65. The molecule has 58 heavy (non-hydrogen) atoms. The van der Waals surface area contributed by atoms with Crippen molar-refractivity contribution in [3.63, 3.8) is 0 Å². The first-order chi connectivity index (χ1) is 27.6. The molecule has 0 rings (SSSR count). The van der Waals surface area contributed by atoms with Crippen molar-refractivity contribution >= 4 is 17.9 Å². The lowest BCUT2D eigenvalue weighted by atomic mass is 10.0. The summed E-state index contributed by atoms with van der Waals surface area (Å²) in [5.74, 6) is -6.72. The minimum absolute atomic E-state index is 0.150. The van der Waals surface area contributed by atoms with E-state index in [2.05, 4.69) is 13.8 Å². The van der Waals surface area contributed by atoms with Crippen LogP contribution in [0.25, 0.3) is 0 Å². The second kappa shape index (κ2) is 35.3. The van der Waals surface area contributed by atoms with Gasteiger partial charge in [-0.05, 0) is 117 Å². The number of esters is 3. The van der Waals surface area contributed by atoms with Crippen molar-refractivity contribution < 1.29 is 46.2 Å². The molecule has 0 N–H and O–H groups in total. The van der Waals surface area contributed by atoms with Crippen LogP contribution in [0, 0.1) is 0 Å². The van der Waals surface area contributed by atoms with Gasteiger partial charge >= 0.3 is 17.9 Å². The smallest absolute Gasteiger partial charge is 0.306 e. The summed E-state index contributed by atoms with van der Waals surface area (Å²) in [6.07, 6.45) is 22.9. The van der Waals surface area contributed by atoms with Crippen molar-refractivity contribution in [2.24, 2.45) is 0 Å². The van der Waals surface area contributed by atoms with Gasteiger partial charge in [-0.3, -0.25) is 14.4 Å². The number of hydrogen-bond donors (Lipinski definition) is 0. The SMILES string of the molecule is CCCCCCCC(F)(F)/C=C\C(C)OC(=O)CCCCCCCC(CCCCCCCC(=O)OC(C)/C=C\C(F)(F)CCCCCCC)OC(=O)CCCN(C)C. The standard InChI is InChI=1S/C47H83F4NO6/c1-7-9-11-19-25-35-46(48,49)37-33-40(3)56-43(53)30-23-17-13-15-21-28-42(58-45(55)32-27-39-52(5)6)29-22-16-14-18-24-31-44(54)57-41(4)34-38-47(50,51)36-26-20-12-10-8-2/h33-34,37-38,40-42H,7-32,35-36,39H2,1-6H3/b37-33-,38-34-. The maximum Gasteiger partial charge on any atom is 0.306 e. The first kappa shape index (κ1) is 55.6. The summed E-state index contributed by atoms with van der Waals surface area (Å²) in [6, 6.07) is 0. The van der Waals surface area contributed by atoms with Crippen molar-refractivity contribution in [2.45, 2.75) is 238 Å². The van der Waals surface area contributed by atoms with Crippen LogP contribution in [0.15, 0.2) is 24.3 Å². The van der Waals surface area contributed by atoms with Gasteiger partial charge in [-0.2, -0.15) is 0 Å². The highest BCUT2D eigenvalue weighted by atomic mass is 19.3. The number of ether oxygens (including phenoxy) is 3. The molecule has 0 fully saturated rings. The van der Waals surface area contributed by atoms with E-state index in [0.29, 0.717) is 32.1 Å². The van der Waals surface area contributed by atoms with E-state index in [1.807, 2.05) is 19.0 Å². The van der Waals surface area contributed by atoms with Crippen molar-refractivity contribution in [3.05, 3.63) is 24.3 Å². The summed E-state index contributed by atoms with van der Waals surface area (Å²) in [5, 5.41) is 0. The van der Waals surface area contributed by atoms with Gasteiger partial charge in [0.1, 0.15) is 18.3 Å². The molecular weight excluding hydrogens is 751 g/mol. The van der Waals surface area contributed by atoms with Gasteiger partial charge in [0.2, 0.25) is 0 Å². The van der Waals surface area contributed by atoms with Crippen molar-refractivity contribution in [2.75, 3.05) is 20.6 Å². The predicted octanol–water partition coefficient (Wildman–Crippen LogP) is 13.7. The van der Waals surface area contributed by atoms with Crippen LogP contribution in [0.3, 0.4) is 0 Å². The van der Waals surface area contributed by atoms with E-state index in [-0.39, 0.29) is 49.7 Å². The van der Waals surface area contributed by atoms with Gasteiger partial charge in [0.15, 0.2) is 0 Å². The number of rotatable bonds is 39. The van der Waals surface area contributed by atoms with Gasteiger partial charge in [-0.1, -0.05) is 104 Å². The van der Waals surface area contributed by atoms with Crippen molar-refractivity contribution in [1.82, 2.24) is 4.90 Å². The first-order valence-electron chi connectivity index (χ1n) is 23.0. The molecule has 2 atom stereocenters. The monoisotopic (exact) mass is 834 g/mol. The summed E-state index contributed by atoms with van der Waals surface area (Å²) in [6.45, 7) is 8.20. The third-order valence-corrected chi connectivity index (χ3v) is 10.2. The van der Waals surface area contributed by atoms with Gasteiger partial charge in [-0.15, -0.1) is 0 Å². The van der Waals surface area contributed by atoms with Gasteiger partial charge in [0, 0.05) is 32.1 Å². The van der Waals surface area contributed by atoms with Crippen LogP contribution in [0.2, 0.25) is 0 Å².